The summed E-state index contributed by atoms with van der Waals surface area (Å²) in [6.07, 6.45) is 0.876. The first-order valence-corrected chi connectivity index (χ1v) is 6.37. The topological polar surface area (TPSA) is 83.3 Å². The van der Waals surface area contributed by atoms with Crippen LogP contribution in [0, 0.1) is 0 Å². The average molecular weight is 279 g/mol. The molecule has 6 heteroatoms. The number of amides is 1. The quantitative estimate of drug-likeness (QED) is 0.594. The molecular weight excluding hydrogens is 264 g/mol. The van der Waals surface area contributed by atoms with Gasteiger partial charge in [-0.3, -0.25) is 15.1 Å². The maximum atomic E-state index is 11.9. The molecule has 0 aliphatic carbocycles. The summed E-state index contributed by atoms with van der Waals surface area (Å²) in [5.74, 6) is -0.187. The van der Waals surface area contributed by atoms with Crippen LogP contribution < -0.4 is 11.1 Å². The van der Waals surface area contributed by atoms with Gasteiger partial charge in [-0.1, -0.05) is 18.5 Å². The van der Waals surface area contributed by atoms with Crippen molar-refractivity contribution in [3.8, 4) is 0 Å². The highest BCUT2D eigenvalue weighted by Crippen LogP contribution is 2.19. The van der Waals surface area contributed by atoms with E-state index in [9.17, 15) is 4.79 Å². The molecule has 2 rings (SSSR count). The highest BCUT2D eigenvalue weighted by atomic mass is 35.5. The van der Waals surface area contributed by atoms with Gasteiger partial charge in [0, 0.05) is 22.5 Å². The summed E-state index contributed by atoms with van der Waals surface area (Å²) in [4.78, 5) is 18.9. The Kier molecular flexibility index (Phi) is 4.06. The normalized spacial score (nSPS) is 11.8. The van der Waals surface area contributed by atoms with Crippen LogP contribution in [0.15, 0.2) is 29.3 Å². The van der Waals surface area contributed by atoms with Gasteiger partial charge >= 0.3 is 0 Å². The number of nitrogens with two attached hydrogens (primary N) is 1. The highest BCUT2D eigenvalue weighted by molar-refractivity contribution is 6.31. The summed E-state index contributed by atoms with van der Waals surface area (Å²) >= 11 is 5.90. The molecule has 1 aromatic heterocycles. The van der Waals surface area contributed by atoms with Crippen LogP contribution in [0.3, 0.4) is 0 Å². The zero-order valence-corrected chi connectivity index (χ0v) is 11.3. The third-order valence-corrected chi connectivity index (χ3v) is 2.81. The number of nitrogens with zero attached hydrogens (tertiary/aromatic N) is 1. The first-order chi connectivity index (χ1) is 9.10. The fourth-order valence-electron chi connectivity index (χ4n) is 1.68. The molecule has 0 saturated heterocycles. The molecule has 1 amide bonds. The van der Waals surface area contributed by atoms with Gasteiger partial charge in [-0.25, -0.2) is 0 Å². The summed E-state index contributed by atoms with van der Waals surface area (Å²) < 4.78 is 0. The minimum atomic E-state index is -0.315. The number of aromatic nitrogens is 1. The molecule has 0 aliphatic heterocycles. The second-order valence-electron chi connectivity index (χ2n) is 4.14. The molecule has 19 heavy (non-hydrogen) atoms. The Balaban J connectivity index is 2.17. The summed E-state index contributed by atoms with van der Waals surface area (Å²) in [5, 5.41) is 4.04. The third-order valence-electron chi connectivity index (χ3n) is 2.57. The summed E-state index contributed by atoms with van der Waals surface area (Å²) in [7, 11) is 0. The molecule has 2 aromatic rings. The number of halogens is 1. The van der Waals surface area contributed by atoms with Crippen molar-refractivity contribution in [3.05, 3.63) is 35.0 Å². The van der Waals surface area contributed by atoms with E-state index < -0.39 is 0 Å². The fraction of sp³-hybridized carbons (Fsp3) is 0.231. The van der Waals surface area contributed by atoms with E-state index in [1.165, 1.54) is 0 Å². The molecule has 1 aromatic carbocycles. The molecule has 0 fully saturated rings. The van der Waals surface area contributed by atoms with Gasteiger partial charge in [-0.05, 0) is 30.7 Å². The van der Waals surface area contributed by atoms with Crippen molar-refractivity contribution >= 4 is 34.4 Å². The molecule has 0 saturated carbocycles. The number of benzene rings is 1. The summed E-state index contributed by atoms with van der Waals surface area (Å²) in [5.41, 5.74) is 6.87. The number of guanidine groups is 1. The van der Waals surface area contributed by atoms with Crippen molar-refractivity contribution in [2.24, 2.45) is 10.7 Å². The van der Waals surface area contributed by atoms with E-state index in [1.807, 2.05) is 13.0 Å². The zero-order chi connectivity index (χ0) is 13.8. The number of hydrogen-bond donors (Lipinski definition) is 3. The second-order valence-corrected chi connectivity index (χ2v) is 4.57. The maximum Gasteiger partial charge on any atom is 0.274 e. The number of nitrogens with one attached hydrogen (secondary N) is 2. The third kappa shape index (κ3) is 3.26. The van der Waals surface area contributed by atoms with E-state index in [0.717, 1.165) is 17.3 Å². The Labute approximate surface area is 115 Å². The van der Waals surface area contributed by atoms with Crippen molar-refractivity contribution in [2.45, 2.75) is 13.3 Å². The van der Waals surface area contributed by atoms with Gasteiger partial charge in [0.05, 0.1) is 0 Å². The van der Waals surface area contributed by atoms with Crippen molar-refractivity contribution < 1.29 is 4.79 Å². The number of aliphatic imine (C=N–C) groups is 1. The van der Waals surface area contributed by atoms with E-state index in [0.29, 0.717) is 17.3 Å². The standard InChI is InChI=1S/C13H15ClN4O/c1-2-5-16-13(15)18-12(19)11-7-8-6-9(14)3-4-10(8)17-11/h3-4,6-7,17H,2,5H2,1H3,(H3,15,16,18,19). The Morgan fingerprint density at radius 1 is 1.47 bits per heavy atom. The molecule has 100 valence electrons. The molecule has 0 aliphatic rings. The molecule has 0 bridgehead atoms. The lowest BCUT2D eigenvalue weighted by Crippen LogP contribution is -2.37. The first kappa shape index (κ1) is 13.4. The van der Waals surface area contributed by atoms with Gasteiger partial charge in [0.25, 0.3) is 5.91 Å². The van der Waals surface area contributed by atoms with E-state index in [-0.39, 0.29) is 11.9 Å². The van der Waals surface area contributed by atoms with Gasteiger partial charge in [0.1, 0.15) is 5.69 Å². The van der Waals surface area contributed by atoms with Gasteiger partial charge in [0.15, 0.2) is 5.96 Å². The molecule has 0 radical (unpaired) electrons. The van der Waals surface area contributed by atoms with Crippen LogP contribution in [0.5, 0.6) is 0 Å². The highest BCUT2D eigenvalue weighted by Gasteiger charge is 2.10. The lowest BCUT2D eigenvalue weighted by Gasteiger charge is -2.01. The number of fused-ring (bicyclic) bond motifs is 1. The number of H-pyrrole nitrogens is 1. The number of rotatable bonds is 3. The van der Waals surface area contributed by atoms with Gasteiger partial charge in [0.2, 0.25) is 0 Å². The first-order valence-electron chi connectivity index (χ1n) is 5.99. The van der Waals surface area contributed by atoms with Gasteiger partial charge < -0.3 is 10.7 Å². The number of hydrogen-bond acceptors (Lipinski definition) is 2. The van der Waals surface area contributed by atoms with Crippen molar-refractivity contribution in [2.75, 3.05) is 6.54 Å². The molecule has 4 N–H and O–H groups in total. The molecule has 1 heterocycles. The molecule has 0 spiro atoms. The van der Waals surface area contributed by atoms with E-state index in [2.05, 4.69) is 15.3 Å². The molecule has 0 atom stereocenters. The summed E-state index contributed by atoms with van der Waals surface area (Å²) in [6, 6.07) is 7.10. The minimum Gasteiger partial charge on any atom is -0.370 e. The smallest absolute Gasteiger partial charge is 0.274 e. The van der Waals surface area contributed by atoms with Crippen LogP contribution in [-0.4, -0.2) is 23.4 Å². The zero-order valence-electron chi connectivity index (χ0n) is 10.5. The van der Waals surface area contributed by atoms with E-state index >= 15 is 0 Å². The van der Waals surface area contributed by atoms with Crippen molar-refractivity contribution in [1.29, 1.82) is 0 Å². The maximum absolute atomic E-state index is 11.9. The summed E-state index contributed by atoms with van der Waals surface area (Å²) in [6.45, 7) is 2.58. The van der Waals surface area contributed by atoms with Crippen LogP contribution in [0.4, 0.5) is 0 Å². The predicted octanol–water partition coefficient (Wildman–Crippen LogP) is 2.28. The van der Waals surface area contributed by atoms with Crippen LogP contribution in [0.1, 0.15) is 23.8 Å². The largest absolute Gasteiger partial charge is 0.370 e. The molecular formula is C13H15ClN4O. The Hall–Kier alpha value is -2.01. The molecule has 5 nitrogen and oxygen atoms in total. The van der Waals surface area contributed by atoms with Crippen molar-refractivity contribution in [1.82, 2.24) is 10.3 Å². The number of carbonyl (C=O) groups is 1. The fourth-order valence-corrected chi connectivity index (χ4v) is 1.86. The monoisotopic (exact) mass is 278 g/mol. The minimum absolute atomic E-state index is 0.128. The Morgan fingerprint density at radius 2 is 2.26 bits per heavy atom. The van der Waals surface area contributed by atoms with Crippen molar-refractivity contribution in [3.63, 3.8) is 0 Å². The second kappa shape index (κ2) is 5.75. The van der Waals surface area contributed by atoms with Crippen LogP contribution in [0.25, 0.3) is 10.9 Å². The Morgan fingerprint density at radius 3 is 3.00 bits per heavy atom. The van der Waals surface area contributed by atoms with E-state index in [4.69, 9.17) is 17.3 Å². The Bertz CT molecular complexity index is 633. The van der Waals surface area contributed by atoms with Gasteiger partial charge in [-0.15, -0.1) is 0 Å². The van der Waals surface area contributed by atoms with Crippen LogP contribution >= 0.6 is 11.6 Å². The lowest BCUT2D eigenvalue weighted by molar-refractivity contribution is 0.0972. The molecule has 0 unspecified atom stereocenters. The number of carbonyl (C=O) groups excluding carboxylic acids is 1. The van der Waals surface area contributed by atoms with Gasteiger partial charge in [-0.2, -0.15) is 0 Å². The number of aromatic amines is 1. The van der Waals surface area contributed by atoms with Crippen LogP contribution in [-0.2, 0) is 0 Å². The average Bonchev–Trinajstić information content (AvgIpc) is 2.79. The van der Waals surface area contributed by atoms with E-state index in [1.54, 1.807) is 18.2 Å². The lowest BCUT2D eigenvalue weighted by atomic mass is 10.2. The van der Waals surface area contributed by atoms with Crippen LogP contribution in [0.2, 0.25) is 5.02 Å². The predicted molar refractivity (Wildman–Crippen MR) is 77.6 cm³/mol. The SMILES string of the molecule is CCCN=C(N)NC(=O)c1cc2cc(Cl)ccc2[nH]1.